The summed E-state index contributed by atoms with van der Waals surface area (Å²) in [6.07, 6.45) is 5.47. The molecule has 28 heavy (non-hydrogen) atoms. The number of hydrogen-bond acceptors (Lipinski definition) is 3. The maximum atomic E-state index is 12.5. The number of carbonyl (C=O) groups excluding carboxylic acids is 1. The summed E-state index contributed by atoms with van der Waals surface area (Å²) in [5.41, 5.74) is 5.44. The fourth-order valence-corrected chi connectivity index (χ4v) is 3.55. The Hall–Kier alpha value is -3.15. The van der Waals surface area contributed by atoms with Gasteiger partial charge in [-0.15, -0.1) is 0 Å². The Bertz CT molecular complexity index is 989. The lowest BCUT2D eigenvalue weighted by molar-refractivity contribution is 0.120. The van der Waals surface area contributed by atoms with Crippen molar-refractivity contribution >= 4 is 11.7 Å². The van der Waals surface area contributed by atoms with Gasteiger partial charge in [-0.05, 0) is 56.2 Å². The molecular formula is C22H25N5O. The Morgan fingerprint density at radius 3 is 2.57 bits per heavy atom. The van der Waals surface area contributed by atoms with E-state index >= 15 is 0 Å². The van der Waals surface area contributed by atoms with Crippen molar-refractivity contribution in [3.63, 3.8) is 0 Å². The molecule has 4 rings (SSSR count). The molecular weight excluding hydrogens is 350 g/mol. The standard InChI is InChI=1S/C22H25N5O/c1-15-4-5-20(10-16(15)2)25-22(28)26-12-18(13-26)14-27-17(3)11-24-21(27)19-6-8-23-9-7-19/h4-11,18H,12-14H2,1-3H3,(H,25,28). The number of carbonyl (C=O) groups is 1. The third-order valence-electron chi connectivity index (χ3n) is 5.44. The van der Waals surface area contributed by atoms with Crippen LogP contribution in [-0.4, -0.2) is 38.6 Å². The van der Waals surface area contributed by atoms with Crippen molar-refractivity contribution in [3.8, 4) is 11.4 Å². The second kappa shape index (κ2) is 7.46. The van der Waals surface area contributed by atoms with E-state index in [4.69, 9.17) is 0 Å². The normalized spacial score (nSPS) is 14.0. The van der Waals surface area contributed by atoms with Crippen LogP contribution >= 0.6 is 0 Å². The molecule has 0 unspecified atom stereocenters. The Kier molecular flexibility index (Phi) is 4.86. The van der Waals surface area contributed by atoms with Gasteiger partial charge in [0.25, 0.3) is 0 Å². The number of amides is 2. The molecule has 0 saturated carbocycles. The van der Waals surface area contributed by atoms with E-state index in [0.29, 0.717) is 5.92 Å². The smallest absolute Gasteiger partial charge is 0.321 e. The van der Waals surface area contributed by atoms with Crippen molar-refractivity contribution in [1.29, 1.82) is 0 Å². The van der Waals surface area contributed by atoms with Gasteiger partial charge < -0.3 is 14.8 Å². The quantitative estimate of drug-likeness (QED) is 0.749. The summed E-state index contributed by atoms with van der Waals surface area (Å²) < 4.78 is 2.23. The van der Waals surface area contributed by atoms with Crippen LogP contribution in [0.4, 0.5) is 10.5 Å². The molecule has 3 aromatic rings. The Balaban J connectivity index is 1.37. The summed E-state index contributed by atoms with van der Waals surface area (Å²) in [5.74, 6) is 1.39. The number of imidazole rings is 1. The van der Waals surface area contributed by atoms with Gasteiger partial charge in [-0.1, -0.05) is 6.07 Å². The number of urea groups is 1. The first-order valence-electron chi connectivity index (χ1n) is 9.57. The number of pyridine rings is 1. The van der Waals surface area contributed by atoms with Crippen molar-refractivity contribution in [2.75, 3.05) is 18.4 Å². The maximum absolute atomic E-state index is 12.5. The molecule has 0 bridgehead atoms. The van der Waals surface area contributed by atoms with Gasteiger partial charge in [0, 0.05) is 61.1 Å². The van der Waals surface area contributed by atoms with Gasteiger partial charge >= 0.3 is 6.03 Å². The molecule has 2 amide bonds. The van der Waals surface area contributed by atoms with Crippen LogP contribution in [0, 0.1) is 26.7 Å². The second-order valence-corrected chi connectivity index (χ2v) is 7.57. The minimum Gasteiger partial charge on any atom is -0.328 e. The first-order valence-corrected chi connectivity index (χ1v) is 9.57. The van der Waals surface area contributed by atoms with E-state index in [1.807, 2.05) is 41.4 Å². The molecule has 1 aromatic carbocycles. The van der Waals surface area contributed by atoms with Crippen LogP contribution in [0.15, 0.2) is 48.9 Å². The zero-order valence-corrected chi connectivity index (χ0v) is 16.5. The predicted molar refractivity (Wildman–Crippen MR) is 110 cm³/mol. The number of likely N-dealkylation sites (tertiary alicyclic amines) is 1. The lowest BCUT2D eigenvalue weighted by atomic mass is 10.0. The number of nitrogens with one attached hydrogen (secondary N) is 1. The highest BCUT2D eigenvalue weighted by Crippen LogP contribution is 2.25. The molecule has 1 N–H and O–H groups in total. The van der Waals surface area contributed by atoms with E-state index in [-0.39, 0.29) is 6.03 Å². The monoisotopic (exact) mass is 375 g/mol. The van der Waals surface area contributed by atoms with E-state index in [0.717, 1.165) is 42.4 Å². The van der Waals surface area contributed by atoms with Crippen LogP contribution in [0.5, 0.6) is 0 Å². The van der Waals surface area contributed by atoms with Crippen LogP contribution in [0.25, 0.3) is 11.4 Å². The number of anilines is 1. The molecule has 0 radical (unpaired) electrons. The summed E-state index contributed by atoms with van der Waals surface area (Å²) >= 11 is 0. The minimum absolute atomic E-state index is 0.0313. The van der Waals surface area contributed by atoms with Gasteiger partial charge in [-0.2, -0.15) is 0 Å². The average Bonchev–Trinajstić information content (AvgIpc) is 3.02. The van der Waals surface area contributed by atoms with E-state index in [2.05, 4.69) is 40.6 Å². The van der Waals surface area contributed by atoms with Crippen molar-refractivity contribution in [3.05, 3.63) is 65.7 Å². The Labute approximate surface area is 165 Å². The molecule has 2 aromatic heterocycles. The molecule has 0 atom stereocenters. The predicted octanol–water partition coefficient (Wildman–Crippen LogP) is 4.03. The molecule has 0 aliphatic carbocycles. The first kappa shape index (κ1) is 18.2. The number of hydrogen-bond donors (Lipinski definition) is 1. The van der Waals surface area contributed by atoms with Crippen molar-refractivity contribution < 1.29 is 4.79 Å². The Morgan fingerprint density at radius 2 is 1.86 bits per heavy atom. The van der Waals surface area contributed by atoms with Gasteiger partial charge in [0.1, 0.15) is 5.82 Å². The van der Waals surface area contributed by atoms with E-state index < -0.39 is 0 Å². The van der Waals surface area contributed by atoms with Gasteiger partial charge in [-0.25, -0.2) is 9.78 Å². The molecule has 1 fully saturated rings. The van der Waals surface area contributed by atoms with E-state index in [1.54, 1.807) is 12.4 Å². The fraction of sp³-hybridized carbons (Fsp3) is 0.318. The molecule has 144 valence electrons. The third kappa shape index (κ3) is 3.63. The third-order valence-corrected chi connectivity index (χ3v) is 5.44. The number of aryl methyl sites for hydroxylation is 3. The van der Waals surface area contributed by atoms with Crippen LogP contribution in [0.2, 0.25) is 0 Å². The fourth-order valence-electron chi connectivity index (χ4n) is 3.55. The van der Waals surface area contributed by atoms with Crippen LogP contribution in [0.1, 0.15) is 16.8 Å². The molecule has 3 heterocycles. The SMILES string of the molecule is Cc1ccc(NC(=O)N2CC(Cn3c(C)cnc3-c3ccncc3)C2)cc1C. The summed E-state index contributed by atoms with van der Waals surface area (Å²) in [4.78, 5) is 23.0. The number of nitrogens with zero attached hydrogens (tertiary/aromatic N) is 4. The highest BCUT2D eigenvalue weighted by molar-refractivity contribution is 5.90. The maximum Gasteiger partial charge on any atom is 0.321 e. The van der Waals surface area contributed by atoms with E-state index in [9.17, 15) is 4.79 Å². The van der Waals surface area contributed by atoms with Gasteiger partial charge in [0.05, 0.1) is 0 Å². The highest BCUT2D eigenvalue weighted by Gasteiger charge is 2.31. The zero-order valence-electron chi connectivity index (χ0n) is 16.5. The zero-order chi connectivity index (χ0) is 19.7. The number of benzene rings is 1. The number of rotatable bonds is 4. The van der Waals surface area contributed by atoms with Gasteiger partial charge in [0.15, 0.2) is 0 Å². The second-order valence-electron chi connectivity index (χ2n) is 7.57. The minimum atomic E-state index is -0.0313. The largest absolute Gasteiger partial charge is 0.328 e. The lowest BCUT2D eigenvalue weighted by Gasteiger charge is -2.39. The summed E-state index contributed by atoms with van der Waals surface area (Å²) in [5, 5.41) is 3.00. The molecule has 1 saturated heterocycles. The van der Waals surface area contributed by atoms with Crippen molar-refractivity contribution in [2.45, 2.75) is 27.3 Å². The molecule has 1 aliphatic rings. The summed E-state index contributed by atoms with van der Waals surface area (Å²) in [7, 11) is 0. The van der Waals surface area contributed by atoms with Gasteiger partial charge in [0.2, 0.25) is 0 Å². The molecule has 6 nitrogen and oxygen atoms in total. The summed E-state index contributed by atoms with van der Waals surface area (Å²) in [6.45, 7) is 8.56. The van der Waals surface area contributed by atoms with Crippen molar-refractivity contribution in [2.24, 2.45) is 5.92 Å². The van der Waals surface area contributed by atoms with Crippen LogP contribution < -0.4 is 5.32 Å². The first-order chi connectivity index (χ1) is 13.5. The number of aromatic nitrogens is 3. The molecule has 6 heteroatoms. The van der Waals surface area contributed by atoms with Crippen LogP contribution in [-0.2, 0) is 6.54 Å². The topological polar surface area (TPSA) is 63.1 Å². The Morgan fingerprint density at radius 1 is 1.11 bits per heavy atom. The molecule has 0 spiro atoms. The van der Waals surface area contributed by atoms with Crippen LogP contribution in [0.3, 0.4) is 0 Å². The van der Waals surface area contributed by atoms with E-state index in [1.165, 1.54) is 11.1 Å². The van der Waals surface area contributed by atoms with Crippen molar-refractivity contribution in [1.82, 2.24) is 19.4 Å². The highest BCUT2D eigenvalue weighted by atomic mass is 16.2. The lowest BCUT2D eigenvalue weighted by Crippen LogP contribution is -2.53. The molecule has 1 aliphatic heterocycles. The van der Waals surface area contributed by atoms with Gasteiger partial charge in [-0.3, -0.25) is 4.98 Å². The summed E-state index contributed by atoms with van der Waals surface area (Å²) in [6, 6.07) is 9.92. The average molecular weight is 375 g/mol.